The van der Waals surface area contributed by atoms with Gasteiger partial charge in [0.2, 0.25) is 0 Å². The van der Waals surface area contributed by atoms with Crippen molar-refractivity contribution in [3.63, 3.8) is 0 Å². The third-order valence-corrected chi connectivity index (χ3v) is 10.7. The van der Waals surface area contributed by atoms with Gasteiger partial charge in [-0.3, -0.25) is 0 Å². The number of carbonyl (C=O) groups excluding carboxylic acids is 1. The van der Waals surface area contributed by atoms with Crippen LogP contribution in [0.2, 0.25) is 0 Å². The molecule has 0 radical (unpaired) electrons. The molecule has 4 saturated carbocycles. The summed E-state index contributed by atoms with van der Waals surface area (Å²) in [6.45, 7) is 16.2. The molecule has 172 valence electrons. The van der Waals surface area contributed by atoms with Crippen LogP contribution in [-0.4, -0.2) is 56.5 Å². The van der Waals surface area contributed by atoms with Gasteiger partial charge in [0.1, 0.15) is 12.6 Å². The van der Waals surface area contributed by atoms with Crippen LogP contribution in [0.1, 0.15) is 80.1 Å². The van der Waals surface area contributed by atoms with E-state index in [9.17, 15) is 4.79 Å². The highest BCUT2D eigenvalue weighted by atomic mass is 16.5. The second kappa shape index (κ2) is 6.94. The number of esters is 1. The van der Waals surface area contributed by atoms with Crippen molar-refractivity contribution in [3.05, 3.63) is 0 Å². The second-order valence-electron chi connectivity index (χ2n) is 13.6. The molecule has 6 atom stereocenters. The molecule has 4 bridgehead atoms. The Kier molecular flexibility index (Phi) is 5.22. The number of carbonyl (C=O) groups is 1. The Labute approximate surface area is 184 Å². The normalized spacial score (nSPS) is 43.3. The van der Waals surface area contributed by atoms with Gasteiger partial charge >= 0.3 is 5.97 Å². The minimum Gasteiger partial charge on any atom is -0.457 e. The average molecular weight is 421 g/mol. The van der Waals surface area contributed by atoms with Crippen molar-refractivity contribution >= 4 is 5.97 Å². The van der Waals surface area contributed by atoms with Gasteiger partial charge in [0.15, 0.2) is 6.54 Å². The number of ether oxygens (including phenoxy) is 2. The van der Waals surface area contributed by atoms with Crippen LogP contribution in [0.3, 0.4) is 0 Å². The smallest absolute Gasteiger partial charge is 0.362 e. The van der Waals surface area contributed by atoms with Crippen molar-refractivity contribution in [1.29, 1.82) is 0 Å². The number of nitrogens with zero attached hydrogens (tertiary/aromatic N) is 1. The van der Waals surface area contributed by atoms with Gasteiger partial charge in [-0.2, -0.15) is 0 Å². The van der Waals surface area contributed by atoms with E-state index in [1.165, 1.54) is 38.5 Å². The molecule has 6 unspecified atom stereocenters. The van der Waals surface area contributed by atoms with Crippen molar-refractivity contribution in [2.24, 2.45) is 33.5 Å². The number of hydrogen-bond acceptors (Lipinski definition) is 3. The molecule has 0 aromatic carbocycles. The van der Waals surface area contributed by atoms with Crippen molar-refractivity contribution < 1.29 is 18.8 Å². The van der Waals surface area contributed by atoms with Crippen molar-refractivity contribution in [3.8, 4) is 0 Å². The largest absolute Gasteiger partial charge is 0.457 e. The minimum atomic E-state index is -0.0418. The third-order valence-electron chi connectivity index (χ3n) is 10.7. The molecule has 0 spiro atoms. The standard InChI is InChI=1S/C26H46NO3/c1-23(2)19-9-11-25(5,16-19)22(23)30-21(28)17-27(7,8)13-14-29-20-15-18-10-12-26(20,6)24(18,3)4/h18-20,22H,9-17H2,1-8H3/q+1. The number of fused-ring (bicyclic) bond motifs is 4. The van der Waals surface area contributed by atoms with Gasteiger partial charge in [-0.1, -0.05) is 41.5 Å². The summed E-state index contributed by atoms with van der Waals surface area (Å²) < 4.78 is 13.2. The molecule has 4 aliphatic carbocycles. The number of hydrogen-bond donors (Lipinski definition) is 0. The first-order chi connectivity index (χ1) is 13.7. The highest BCUT2D eigenvalue weighted by molar-refractivity contribution is 5.71. The first-order valence-corrected chi connectivity index (χ1v) is 12.3. The lowest BCUT2D eigenvalue weighted by molar-refractivity contribution is -0.883. The van der Waals surface area contributed by atoms with Gasteiger partial charge in [0, 0.05) is 10.8 Å². The molecule has 4 fully saturated rings. The van der Waals surface area contributed by atoms with Crippen molar-refractivity contribution in [1.82, 2.24) is 0 Å². The lowest BCUT2D eigenvalue weighted by atomic mass is 9.70. The summed E-state index contributed by atoms with van der Waals surface area (Å²) in [7, 11) is 4.26. The molecule has 30 heavy (non-hydrogen) atoms. The van der Waals surface area contributed by atoms with E-state index in [1.807, 2.05) is 0 Å². The molecule has 0 amide bonds. The van der Waals surface area contributed by atoms with E-state index >= 15 is 0 Å². The Hall–Kier alpha value is -0.610. The third kappa shape index (κ3) is 3.36. The quantitative estimate of drug-likeness (QED) is 0.427. The number of rotatable bonds is 7. The van der Waals surface area contributed by atoms with Crippen LogP contribution < -0.4 is 0 Å². The maximum absolute atomic E-state index is 12.9. The van der Waals surface area contributed by atoms with E-state index in [-0.39, 0.29) is 22.9 Å². The molecular weight excluding hydrogens is 374 g/mol. The van der Waals surface area contributed by atoms with E-state index in [4.69, 9.17) is 9.47 Å². The Morgan fingerprint density at radius 1 is 1.00 bits per heavy atom. The zero-order chi connectivity index (χ0) is 22.2. The molecule has 4 nitrogen and oxygen atoms in total. The second-order valence-corrected chi connectivity index (χ2v) is 13.6. The summed E-state index contributed by atoms with van der Waals surface area (Å²) in [6.07, 6.45) is 7.97. The zero-order valence-electron chi connectivity index (χ0n) is 20.8. The summed E-state index contributed by atoms with van der Waals surface area (Å²) in [5, 5.41) is 0. The molecule has 4 aliphatic rings. The van der Waals surface area contributed by atoms with Crippen LogP contribution >= 0.6 is 0 Å². The van der Waals surface area contributed by atoms with Crippen LogP contribution in [0.5, 0.6) is 0 Å². The van der Waals surface area contributed by atoms with Crippen LogP contribution in [-0.2, 0) is 14.3 Å². The van der Waals surface area contributed by atoms with E-state index in [0.29, 0.717) is 33.9 Å². The summed E-state index contributed by atoms with van der Waals surface area (Å²) >= 11 is 0. The van der Waals surface area contributed by atoms with Crippen LogP contribution in [0, 0.1) is 33.5 Å². The topological polar surface area (TPSA) is 35.5 Å². The maximum Gasteiger partial charge on any atom is 0.362 e. The molecule has 0 aromatic rings. The monoisotopic (exact) mass is 420 g/mol. The van der Waals surface area contributed by atoms with Crippen molar-refractivity contribution in [2.75, 3.05) is 33.8 Å². The predicted octanol–water partition coefficient (Wildman–Crippen LogP) is 5.05. The van der Waals surface area contributed by atoms with E-state index in [2.05, 4.69) is 55.6 Å². The van der Waals surface area contributed by atoms with E-state index < -0.39 is 0 Å². The Morgan fingerprint density at radius 3 is 2.20 bits per heavy atom. The van der Waals surface area contributed by atoms with Gasteiger partial charge in [-0.05, 0) is 61.2 Å². The minimum absolute atomic E-state index is 0.0418. The Morgan fingerprint density at radius 2 is 1.67 bits per heavy atom. The van der Waals surface area contributed by atoms with Gasteiger partial charge in [-0.25, -0.2) is 4.79 Å². The van der Waals surface area contributed by atoms with Gasteiger partial charge in [-0.15, -0.1) is 0 Å². The van der Waals surface area contributed by atoms with Gasteiger partial charge in [0.25, 0.3) is 0 Å². The summed E-state index contributed by atoms with van der Waals surface area (Å²) in [6, 6.07) is 0. The first kappa shape index (κ1) is 22.6. The lowest BCUT2D eigenvalue weighted by Crippen LogP contribution is -2.50. The summed E-state index contributed by atoms with van der Waals surface area (Å²) in [4.78, 5) is 12.9. The van der Waals surface area contributed by atoms with Crippen LogP contribution in [0.15, 0.2) is 0 Å². The highest BCUT2D eigenvalue weighted by Gasteiger charge is 2.62. The molecular formula is C26H46NO3+. The fourth-order valence-electron chi connectivity index (χ4n) is 7.97. The Bertz CT molecular complexity index is 694. The SMILES string of the molecule is CC12CCC(C1)C(C)(C)C2OC(=O)C[N+](C)(C)CCOC1CC2CCC1(C)C2(C)C. The average Bonchev–Trinajstić information content (AvgIpc) is 3.22. The molecule has 0 aromatic heterocycles. The predicted molar refractivity (Wildman–Crippen MR) is 120 cm³/mol. The molecule has 0 saturated heterocycles. The molecule has 4 rings (SSSR count). The highest BCUT2D eigenvalue weighted by Crippen LogP contribution is 2.66. The van der Waals surface area contributed by atoms with E-state index in [1.54, 1.807) is 0 Å². The molecule has 4 heteroatoms. The molecule has 0 aliphatic heterocycles. The van der Waals surface area contributed by atoms with Crippen LogP contribution in [0.4, 0.5) is 0 Å². The first-order valence-electron chi connectivity index (χ1n) is 12.3. The maximum atomic E-state index is 12.9. The lowest BCUT2D eigenvalue weighted by Gasteiger charge is -2.42. The summed E-state index contributed by atoms with van der Waals surface area (Å²) in [5.41, 5.74) is 0.965. The summed E-state index contributed by atoms with van der Waals surface area (Å²) in [5.74, 6) is 1.46. The van der Waals surface area contributed by atoms with Gasteiger partial charge in [0.05, 0.1) is 26.8 Å². The van der Waals surface area contributed by atoms with Crippen LogP contribution in [0.25, 0.3) is 0 Å². The zero-order valence-corrected chi connectivity index (χ0v) is 20.8. The number of quaternary nitrogens is 1. The van der Waals surface area contributed by atoms with Crippen molar-refractivity contribution in [2.45, 2.75) is 92.3 Å². The molecule has 0 N–H and O–H groups in total. The number of likely N-dealkylation sites (N-methyl/N-ethyl adjacent to an activating group) is 1. The fourth-order valence-corrected chi connectivity index (χ4v) is 7.97. The van der Waals surface area contributed by atoms with E-state index in [0.717, 1.165) is 19.1 Å². The Balaban J connectivity index is 1.27. The van der Waals surface area contributed by atoms with Gasteiger partial charge < -0.3 is 14.0 Å². The fraction of sp³-hybridized carbons (Fsp3) is 0.962. The molecule has 0 heterocycles.